The lowest BCUT2D eigenvalue weighted by atomic mass is 9.94. The van der Waals surface area contributed by atoms with Gasteiger partial charge in [0, 0.05) is 65.9 Å². The number of phenolic OH excluding ortho intramolecular Hbond substituents is 3. The number of fused-ring (bicyclic) bond motifs is 5. The second-order valence-electron chi connectivity index (χ2n) is 17.9. The first-order chi connectivity index (χ1) is 33.8. The zero-order valence-corrected chi connectivity index (χ0v) is 40.7. The number of ether oxygens (including phenoxy) is 2. The number of nitrogens with one attached hydrogen (secondary N) is 1. The smallest absolute Gasteiger partial charge is 0.410 e. The topological polar surface area (TPSA) is 216 Å². The summed E-state index contributed by atoms with van der Waals surface area (Å²) < 4.78 is 16.6. The van der Waals surface area contributed by atoms with Crippen LogP contribution in [0.25, 0.3) is 50.3 Å². The van der Waals surface area contributed by atoms with Crippen molar-refractivity contribution >= 4 is 40.3 Å². The van der Waals surface area contributed by atoms with Crippen molar-refractivity contribution < 1.29 is 39.2 Å². The van der Waals surface area contributed by atoms with E-state index in [1.54, 1.807) is 45.2 Å². The highest BCUT2D eigenvalue weighted by molar-refractivity contribution is 5.93. The molecule has 3 aromatic carbocycles. The fourth-order valence-electron chi connectivity index (χ4n) is 9.85. The molecule has 1 atom stereocenters. The summed E-state index contributed by atoms with van der Waals surface area (Å²) in [5.74, 6) is 0.120. The van der Waals surface area contributed by atoms with E-state index in [0.717, 1.165) is 53.2 Å². The number of phenols is 3. The Bertz CT molecular complexity index is 3180. The highest BCUT2D eigenvalue weighted by atomic mass is 16.6. The fraction of sp³-hybridized carbons (Fsp3) is 0.377. The van der Waals surface area contributed by atoms with Gasteiger partial charge < -0.3 is 44.1 Å². The van der Waals surface area contributed by atoms with Gasteiger partial charge in [-0.15, -0.1) is 10.2 Å². The number of pyridine rings is 2. The van der Waals surface area contributed by atoms with Crippen LogP contribution in [0.3, 0.4) is 0 Å². The van der Waals surface area contributed by atoms with Gasteiger partial charge in [0.1, 0.15) is 30.0 Å². The summed E-state index contributed by atoms with van der Waals surface area (Å²) in [5.41, 5.74) is 6.69. The van der Waals surface area contributed by atoms with Crippen molar-refractivity contribution in [3.63, 3.8) is 0 Å². The fourth-order valence-corrected chi connectivity index (χ4v) is 9.85. The maximum atomic E-state index is 14.1. The normalized spacial score (nSPS) is 13.7. The number of benzene rings is 3. The Morgan fingerprint density at radius 2 is 1.69 bits per heavy atom. The molecule has 1 saturated heterocycles. The standard InChI is InChI=1S/C51H54N8O9.C2H6/c1-6-34-37-21-33(61)9-10-41(37)53-46-39(34)25-58-43(46)23-36(40(50(58)65)26-67-27-60)29(5)68-51(66)57-17-13-30(14-18-57)12-16-56-19-15-31-20-32(8-11-42(31)56)59-47(54-55-48(59)49(64)52-7-2)38-22-35(28(3)4)44(62)24-45(38)63;1-2/h8-11,15,19-24,27-30,61-63H,6-7,12-14,16-18,25-26H2,1-5H3,(H,52,64);1-2H3. The van der Waals surface area contributed by atoms with E-state index in [1.807, 2.05) is 78.1 Å². The van der Waals surface area contributed by atoms with E-state index in [-0.39, 0.29) is 59.1 Å². The van der Waals surface area contributed by atoms with Gasteiger partial charge in [0.2, 0.25) is 5.82 Å². The van der Waals surface area contributed by atoms with Crippen LogP contribution in [0.2, 0.25) is 0 Å². The number of nitrogens with zero attached hydrogens (tertiary/aromatic N) is 7. The molecule has 1 fully saturated rings. The average Bonchev–Trinajstić information content (AvgIpc) is 4.08. The van der Waals surface area contributed by atoms with Gasteiger partial charge in [-0.2, -0.15) is 0 Å². The Labute approximate surface area is 405 Å². The van der Waals surface area contributed by atoms with Crippen LogP contribution in [0.1, 0.15) is 118 Å². The van der Waals surface area contributed by atoms with E-state index in [9.17, 15) is 34.5 Å². The summed E-state index contributed by atoms with van der Waals surface area (Å²) in [6, 6.07) is 17.7. The molecule has 0 saturated carbocycles. The lowest BCUT2D eigenvalue weighted by Crippen LogP contribution is -2.39. The Hall–Kier alpha value is -7.69. The molecular formula is C53H60N8O9. The van der Waals surface area contributed by atoms with Gasteiger partial charge in [-0.25, -0.2) is 9.78 Å². The minimum absolute atomic E-state index is 0.0309. The van der Waals surface area contributed by atoms with Crippen LogP contribution in [-0.4, -0.2) is 87.2 Å². The van der Waals surface area contributed by atoms with Gasteiger partial charge in [0.15, 0.2) is 5.82 Å². The van der Waals surface area contributed by atoms with Gasteiger partial charge in [-0.1, -0.05) is 34.6 Å². The predicted molar refractivity (Wildman–Crippen MR) is 265 cm³/mol. The van der Waals surface area contributed by atoms with Crippen LogP contribution >= 0.6 is 0 Å². The van der Waals surface area contributed by atoms with Gasteiger partial charge in [-0.05, 0) is 117 Å². The first-order valence-corrected chi connectivity index (χ1v) is 24.1. The maximum Gasteiger partial charge on any atom is 0.410 e. The molecule has 7 aromatic rings. The van der Waals surface area contributed by atoms with E-state index in [0.29, 0.717) is 77.7 Å². The number of hydrogen-bond acceptors (Lipinski definition) is 12. The molecule has 17 nitrogen and oxygen atoms in total. The Balaban J connectivity index is 0.00000325. The molecular weight excluding hydrogens is 893 g/mol. The molecule has 9 rings (SSSR count). The molecule has 4 aromatic heterocycles. The zero-order valence-electron chi connectivity index (χ0n) is 40.7. The number of aromatic nitrogens is 6. The Morgan fingerprint density at radius 1 is 0.914 bits per heavy atom. The molecule has 17 heteroatoms. The van der Waals surface area contributed by atoms with Gasteiger partial charge in [-0.3, -0.25) is 19.0 Å². The molecule has 4 N–H and O–H groups in total. The van der Waals surface area contributed by atoms with Gasteiger partial charge in [0.25, 0.3) is 17.9 Å². The third kappa shape index (κ3) is 9.15. The van der Waals surface area contributed by atoms with Crippen molar-refractivity contribution in [3.8, 4) is 45.7 Å². The highest BCUT2D eigenvalue weighted by Crippen LogP contribution is 2.40. The van der Waals surface area contributed by atoms with E-state index in [2.05, 4.69) is 20.1 Å². The molecule has 0 bridgehead atoms. The van der Waals surface area contributed by atoms with Crippen LogP contribution in [-0.2, 0) is 40.4 Å². The van der Waals surface area contributed by atoms with Crippen LogP contribution in [0.5, 0.6) is 17.2 Å². The van der Waals surface area contributed by atoms with Crippen LogP contribution < -0.4 is 10.9 Å². The second kappa shape index (κ2) is 20.5. The predicted octanol–water partition coefficient (Wildman–Crippen LogP) is 8.88. The van der Waals surface area contributed by atoms with Crippen molar-refractivity contribution in [1.29, 1.82) is 0 Å². The molecule has 70 heavy (non-hydrogen) atoms. The number of rotatable bonds is 14. The van der Waals surface area contributed by atoms with Crippen LogP contribution in [0.15, 0.2) is 71.7 Å². The maximum absolute atomic E-state index is 14.1. The molecule has 0 radical (unpaired) electrons. The first kappa shape index (κ1) is 48.8. The number of aryl methyl sites for hydroxylation is 2. The summed E-state index contributed by atoms with van der Waals surface area (Å²) in [4.78, 5) is 59.0. The van der Waals surface area contributed by atoms with Crippen molar-refractivity contribution in [3.05, 3.63) is 111 Å². The van der Waals surface area contributed by atoms with Crippen molar-refractivity contribution in [2.24, 2.45) is 5.92 Å². The average molecular weight is 953 g/mol. The summed E-state index contributed by atoms with van der Waals surface area (Å²) in [6.07, 6.45) is 3.80. The van der Waals surface area contributed by atoms with Crippen LogP contribution in [0.4, 0.5) is 4.79 Å². The number of carbonyl (C=O) groups excluding carboxylic acids is 3. The monoisotopic (exact) mass is 952 g/mol. The minimum Gasteiger partial charge on any atom is -0.508 e. The number of amides is 2. The summed E-state index contributed by atoms with van der Waals surface area (Å²) >= 11 is 0. The quantitative estimate of drug-likeness (QED) is 0.0752. The number of aromatic hydroxyl groups is 3. The zero-order chi connectivity index (χ0) is 50.0. The number of hydrogen-bond donors (Lipinski definition) is 4. The van der Waals surface area contributed by atoms with E-state index < -0.39 is 18.1 Å². The minimum atomic E-state index is -0.840. The molecule has 6 heterocycles. The number of piperidine rings is 1. The van der Waals surface area contributed by atoms with E-state index in [1.165, 1.54) is 6.07 Å². The number of carbonyl (C=O) groups is 3. The molecule has 2 aliphatic heterocycles. The summed E-state index contributed by atoms with van der Waals surface area (Å²) in [7, 11) is 0. The summed E-state index contributed by atoms with van der Waals surface area (Å²) in [5, 5.41) is 44.9. The largest absolute Gasteiger partial charge is 0.508 e. The molecule has 2 amide bonds. The second-order valence-corrected chi connectivity index (χ2v) is 17.9. The third-order valence-corrected chi connectivity index (χ3v) is 13.4. The SMILES string of the molecule is CC.CCNC(=O)c1nnc(-c2cc(C(C)C)c(O)cc2O)n1-c1ccc2c(ccn2CCC2CCN(C(=O)OC(C)c3cc4n(c(=O)c3COC=O)Cc3c-4nc4ccc(O)cc4c3CC)CC2)c1. The van der Waals surface area contributed by atoms with Gasteiger partial charge in [0.05, 0.1) is 40.3 Å². The van der Waals surface area contributed by atoms with Crippen molar-refractivity contribution in [1.82, 2.24) is 39.1 Å². The molecule has 1 unspecified atom stereocenters. The van der Waals surface area contributed by atoms with Crippen molar-refractivity contribution in [2.45, 2.75) is 106 Å². The van der Waals surface area contributed by atoms with E-state index in [4.69, 9.17) is 14.5 Å². The summed E-state index contributed by atoms with van der Waals surface area (Å²) in [6.45, 7) is 15.8. The van der Waals surface area contributed by atoms with Crippen LogP contribution in [0, 0.1) is 5.92 Å². The molecule has 366 valence electrons. The third-order valence-electron chi connectivity index (χ3n) is 13.4. The molecule has 0 spiro atoms. The Kier molecular flexibility index (Phi) is 14.3. The highest BCUT2D eigenvalue weighted by Gasteiger charge is 2.32. The molecule has 2 aliphatic rings. The first-order valence-electron chi connectivity index (χ1n) is 24.1. The van der Waals surface area contributed by atoms with Crippen molar-refractivity contribution in [2.75, 3.05) is 19.6 Å². The van der Waals surface area contributed by atoms with Gasteiger partial charge >= 0.3 is 6.09 Å². The lowest BCUT2D eigenvalue weighted by molar-refractivity contribution is -0.129. The Morgan fingerprint density at radius 3 is 2.40 bits per heavy atom. The lowest BCUT2D eigenvalue weighted by Gasteiger charge is -2.32. The van der Waals surface area contributed by atoms with E-state index >= 15 is 0 Å². The number of likely N-dealkylation sites (tertiary alicyclic amines) is 1. The molecule has 0 aliphatic carbocycles.